The van der Waals surface area contributed by atoms with Crippen LogP contribution in [-0.4, -0.2) is 74.3 Å². The number of carbonyl (C=O) groups excluding carboxylic acids is 2. The minimum Gasteiger partial charge on any atom is -0.491 e. The average Bonchev–Trinajstić information content (AvgIpc) is 3.69. The molecule has 0 saturated heterocycles. The first kappa shape index (κ1) is 26.0. The summed E-state index contributed by atoms with van der Waals surface area (Å²) < 4.78 is 12.1. The van der Waals surface area contributed by atoms with Crippen molar-refractivity contribution in [3.05, 3.63) is 54.1 Å². The maximum Gasteiger partial charge on any atom is 0.323 e. The van der Waals surface area contributed by atoms with Crippen molar-refractivity contribution in [2.45, 2.75) is 38.8 Å². The number of anilines is 2. The fraction of sp³-hybridized carbons (Fsp3) is 0.500. The van der Waals surface area contributed by atoms with Gasteiger partial charge in [0.25, 0.3) is 5.91 Å². The lowest BCUT2D eigenvalue weighted by atomic mass is 10.0. The molecule has 1 aliphatic heterocycles. The first-order valence-electron chi connectivity index (χ1n) is 12.8. The van der Waals surface area contributed by atoms with Gasteiger partial charge in [-0.05, 0) is 61.9 Å². The molecule has 0 aromatic heterocycles. The summed E-state index contributed by atoms with van der Waals surface area (Å²) in [7, 11) is 3.49. The van der Waals surface area contributed by atoms with Crippen molar-refractivity contribution < 1.29 is 19.1 Å². The highest BCUT2D eigenvalue weighted by Gasteiger charge is 2.31. The molecule has 194 valence electrons. The molecule has 0 radical (unpaired) electrons. The molecular weight excluding hydrogens is 456 g/mol. The van der Waals surface area contributed by atoms with Crippen LogP contribution in [0.3, 0.4) is 0 Å². The Labute approximate surface area is 213 Å². The van der Waals surface area contributed by atoms with Crippen LogP contribution in [0.2, 0.25) is 0 Å². The Hall–Kier alpha value is -3.10. The summed E-state index contributed by atoms with van der Waals surface area (Å²) in [4.78, 5) is 30.2. The third kappa shape index (κ3) is 6.77. The summed E-state index contributed by atoms with van der Waals surface area (Å²) >= 11 is 0. The third-order valence-electron chi connectivity index (χ3n) is 7.05. The van der Waals surface area contributed by atoms with Gasteiger partial charge in [0.15, 0.2) is 0 Å². The van der Waals surface area contributed by atoms with E-state index in [9.17, 15) is 9.59 Å². The zero-order valence-electron chi connectivity index (χ0n) is 21.7. The first-order chi connectivity index (χ1) is 17.3. The van der Waals surface area contributed by atoms with E-state index in [1.54, 1.807) is 37.3 Å². The number of methoxy groups -OCH3 is 1. The van der Waals surface area contributed by atoms with Crippen LogP contribution in [0, 0.1) is 11.8 Å². The number of para-hydroxylation sites is 1. The van der Waals surface area contributed by atoms with Crippen molar-refractivity contribution in [1.29, 1.82) is 0 Å². The van der Waals surface area contributed by atoms with E-state index in [1.165, 1.54) is 12.8 Å². The Bertz CT molecular complexity index is 1040. The standard InChI is InChI=1S/C28H38N4O4/c1-19-15-32(16-21-10-11-21)20(2)18-36-25-13-12-23(30-28(34)29-22-8-6-5-7-9-22)14-24(25)27(33)31(3)17-26(19)35-4/h5-9,12-14,19-21,26H,10-11,15-18H2,1-4H3,(H2,29,30,34)/t19-,20+,26-/m1/s1. The number of likely N-dealkylation sites (N-methyl/N-ethyl adjacent to an activating group) is 1. The van der Waals surface area contributed by atoms with E-state index in [1.807, 2.05) is 30.3 Å². The topological polar surface area (TPSA) is 83.1 Å². The molecule has 1 aliphatic carbocycles. The minimum atomic E-state index is -0.381. The lowest BCUT2D eigenvalue weighted by Crippen LogP contribution is -2.47. The number of fused-ring (bicyclic) bond motifs is 1. The van der Waals surface area contributed by atoms with Crippen LogP contribution >= 0.6 is 0 Å². The van der Waals surface area contributed by atoms with E-state index in [0.717, 1.165) is 19.0 Å². The predicted molar refractivity (Wildman–Crippen MR) is 142 cm³/mol. The summed E-state index contributed by atoms with van der Waals surface area (Å²) in [5, 5.41) is 5.62. The zero-order chi connectivity index (χ0) is 25.7. The van der Waals surface area contributed by atoms with Crippen LogP contribution in [-0.2, 0) is 4.74 Å². The molecular formula is C28H38N4O4. The van der Waals surface area contributed by atoms with E-state index in [-0.39, 0.29) is 30.0 Å². The van der Waals surface area contributed by atoms with Crippen molar-refractivity contribution in [1.82, 2.24) is 9.80 Å². The van der Waals surface area contributed by atoms with Crippen molar-refractivity contribution in [2.75, 3.05) is 51.0 Å². The van der Waals surface area contributed by atoms with Crippen molar-refractivity contribution in [2.24, 2.45) is 11.8 Å². The third-order valence-corrected chi connectivity index (χ3v) is 7.05. The lowest BCUT2D eigenvalue weighted by molar-refractivity contribution is 0.00994. The maximum absolute atomic E-state index is 13.5. The largest absolute Gasteiger partial charge is 0.491 e. The summed E-state index contributed by atoms with van der Waals surface area (Å²) in [5.41, 5.74) is 1.61. The second-order valence-corrected chi connectivity index (χ2v) is 10.2. The number of rotatable bonds is 5. The van der Waals surface area contributed by atoms with Gasteiger partial charge in [0.2, 0.25) is 0 Å². The fourth-order valence-electron chi connectivity index (χ4n) is 4.63. The van der Waals surface area contributed by atoms with Crippen molar-refractivity contribution in [3.63, 3.8) is 0 Å². The van der Waals surface area contributed by atoms with Crippen molar-refractivity contribution >= 4 is 23.3 Å². The van der Waals surface area contributed by atoms with Crippen LogP contribution < -0.4 is 15.4 Å². The van der Waals surface area contributed by atoms with Crippen LogP contribution in [0.5, 0.6) is 5.75 Å². The summed E-state index contributed by atoms with van der Waals surface area (Å²) in [6.07, 6.45) is 2.49. The molecule has 1 saturated carbocycles. The van der Waals surface area contributed by atoms with Gasteiger partial charge in [-0.15, -0.1) is 0 Å². The summed E-state index contributed by atoms with van der Waals surface area (Å²) in [6, 6.07) is 14.2. The molecule has 4 rings (SSSR count). The van der Waals surface area contributed by atoms with Gasteiger partial charge in [-0.3, -0.25) is 9.69 Å². The quantitative estimate of drug-likeness (QED) is 0.637. The van der Waals surface area contributed by atoms with Crippen LogP contribution in [0.25, 0.3) is 0 Å². The smallest absolute Gasteiger partial charge is 0.323 e. The van der Waals surface area contributed by atoms with Gasteiger partial charge in [0.05, 0.1) is 11.7 Å². The molecule has 2 aromatic rings. The number of benzene rings is 2. The number of hydrogen-bond acceptors (Lipinski definition) is 5. The summed E-state index contributed by atoms with van der Waals surface area (Å²) in [6.45, 7) is 7.27. The number of ether oxygens (including phenoxy) is 2. The van der Waals surface area contributed by atoms with Gasteiger partial charge in [-0.25, -0.2) is 4.79 Å². The highest BCUT2D eigenvalue weighted by atomic mass is 16.5. The van der Waals surface area contributed by atoms with Gasteiger partial charge in [0, 0.05) is 51.2 Å². The second kappa shape index (κ2) is 11.8. The first-order valence-corrected chi connectivity index (χ1v) is 12.8. The number of nitrogens with zero attached hydrogens (tertiary/aromatic N) is 2. The Morgan fingerprint density at radius 1 is 1.06 bits per heavy atom. The Morgan fingerprint density at radius 2 is 1.78 bits per heavy atom. The van der Waals surface area contributed by atoms with E-state index < -0.39 is 0 Å². The lowest BCUT2D eigenvalue weighted by Gasteiger charge is -2.36. The molecule has 8 heteroatoms. The number of carbonyl (C=O) groups is 2. The highest BCUT2D eigenvalue weighted by Crippen LogP contribution is 2.32. The molecule has 1 fully saturated rings. The van der Waals surface area contributed by atoms with Gasteiger partial charge in [0.1, 0.15) is 12.4 Å². The molecule has 3 atom stereocenters. The molecule has 2 aliphatic rings. The van der Waals surface area contributed by atoms with E-state index in [4.69, 9.17) is 9.47 Å². The Morgan fingerprint density at radius 3 is 2.47 bits per heavy atom. The SMILES string of the molecule is CO[C@@H]1CN(C)C(=O)c2cc(NC(=O)Nc3ccccc3)ccc2OC[C@H](C)N(CC2CC2)C[C@H]1C. The van der Waals surface area contributed by atoms with Gasteiger partial charge < -0.3 is 25.0 Å². The molecule has 0 bridgehead atoms. The minimum absolute atomic E-state index is 0.0883. The summed E-state index contributed by atoms with van der Waals surface area (Å²) in [5.74, 6) is 1.36. The monoisotopic (exact) mass is 494 g/mol. The maximum atomic E-state index is 13.5. The Balaban J connectivity index is 1.56. The fourth-order valence-corrected chi connectivity index (χ4v) is 4.63. The van der Waals surface area contributed by atoms with Gasteiger partial charge in [-0.2, -0.15) is 0 Å². The number of hydrogen-bond donors (Lipinski definition) is 2. The zero-order valence-corrected chi connectivity index (χ0v) is 21.7. The van der Waals surface area contributed by atoms with Gasteiger partial charge >= 0.3 is 6.03 Å². The normalized spacial score (nSPS) is 23.6. The second-order valence-electron chi connectivity index (χ2n) is 10.2. The molecule has 8 nitrogen and oxygen atoms in total. The Kier molecular flexibility index (Phi) is 8.48. The van der Waals surface area contributed by atoms with Crippen LogP contribution in [0.1, 0.15) is 37.0 Å². The molecule has 2 aromatic carbocycles. The molecule has 3 amide bonds. The molecule has 0 unspecified atom stereocenters. The van der Waals surface area contributed by atoms with E-state index >= 15 is 0 Å². The van der Waals surface area contributed by atoms with Crippen LogP contribution in [0.15, 0.2) is 48.5 Å². The molecule has 2 N–H and O–H groups in total. The average molecular weight is 495 g/mol. The molecule has 36 heavy (non-hydrogen) atoms. The number of amides is 3. The van der Waals surface area contributed by atoms with Crippen LogP contribution in [0.4, 0.5) is 16.2 Å². The van der Waals surface area contributed by atoms with E-state index in [0.29, 0.717) is 35.8 Å². The number of nitrogens with one attached hydrogen (secondary N) is 2. The van der Waals surface area contributed by atoms with E-state index in [2.05, 4.69) is 29.4 Å². The molecule has 1 heterocycles. The molecule has 0 spiro atoms. The van der Waals surface area contributed by atoms with Crippen molar-refractivity contribution in [3.8, 4) is 5.75 Å². The number of urea groups is 1. The predicted octanol–water partition coefficient (Wildman–Crippen LogP) is 4.55. The highest BCUT2D eigenvalue weighted by molar-refractivity contribution is 6.02. The van der Waals surface area contributed by atoms with Gasteiger partial charge in [-0.1, -0.05) is 25.1 Å².